The highest BCUT2D eigenvalue weighted by Crippen LogP contribution is 2.38. The zero-order chi connectivity index (χ0) is 20.7. The summed E-state index contributed by atoms with van der Waals surface area (Å²) in [6.45, 7) is 7.83. The minimum absolute atomic E-state index is 0.0596. The van der Waals surface area contributed by atoms with Gasteiger partial charge in [0.05, 0.1) is 0 Å². The van der Waals surface area contributed by atoms with Crippen LogP contribution < -0.4 is 4.90 Å². The van der Waals surface area contributed by atoms with Gasteiger partial charge in [0.2, 0.25) is 0 Å². The third-order valence-electron chi connectivity index (χ3n) is 5.92. The van der Waals surface area contributed by atoms with Crippen LogP contribution in [0.4, 0.5) is 5.69 Å². The normalized spacial score (nSPS) is 19.4. The zero-order valence-electron chi connectivity index (χ0n) is 17.5. The molecule has 0 spiro atoms. The topological polar surface area (TPSA) is 51.5 Å². The van der Waals surface area contributed by atoms with E-state index in [4.69, 9.17) is 4.74 Å². The molecule has 0 radical (unpaired) electrons. The van der Waals surface area contributed by atoms with Crippen molar-refractivity contribution in [1.29, 1.82) is 0 Å². The van der Waals surface area contributed by atoms with Crippen LogP contribution in [0.2, 0.25) is 0 Å². The standard InChI is InChI=1S/C24H28N2O3/c1-15-13-19(17(3)25(15)21-10-11-21)9-12-23(27)29-18(4)24(28)26-16(2)14-20-7-5-6-8-22(20)26/h5-9,12-13,16,18,21H,10-11,14H2,1-4H3/b12-9+/t16-,18-/m1/s1. The molecule has 2 heterocycles. The molecule has 152 valence electrons. The Bertz CT molecular complexity index is 984. The molecular formula is C24H28N2O3. The maximum absolute atomic E-state index is 12.9. The lowest BCUT2D eigenvalue weighted by Gasteiger charge is -2.25. The van der Waals surface area contributed by atoms with Gasteiger partial charge in [0.15, 0.2) is 6.10 Å². The summed E-state index contributed by atoms with van der Waals surface area (Å²) in [5.74, 6) is -0.682. The van der Waals surface area contributed by atoms with Gasteiger partial charge in [-0.05, 0) is 76.3 Å². The highest BCUT2D eigenvalue weighted by Gasteiger charge is 2.34. The van der Waals surface area contributed by atoms with E-state index >= 15 is 0 Å². The van der Waals surface area contributed by atoms with E-state index in [1.165, 1.54) is 30.3 Å². The van der Waals surface area contributed by atoms with Crippen molar-refractivity contribution in [2.24, 2.45) is 0 Å². The molecule has 0 N–H and O–H groups in total. The zero-order valence-corrected chi connectivity index (χ0v) is 17.5. The molecule has 0 bridgehead atoms. The maximum Gasteiger partial charge on any atom is 0.331 e. The Hall–Kier alpha value is -2.82. The maximum atomic E-state index is 12.9. The second kappa shape index (κ2) is 7.54. The first-order chi connectivity index (χ1) is 13.9. The number of esters is 1. The number of hydrogen-bond acceptors (Lipinski definition) is 3. The van der Waals surface area contributed by atoms with Gasteiger partial charge in [-0.25, -0.2) is 4.79 Å². The molecule has 5 nitrogen and oxygen atoms in total. The smallest absolute Gasteiger partial charge is 0.331 e. The summed E-state index contributed by atoms with van der Waals surface area (Å²) in [7, 11) is 0. The molecule has 1 aromatic heterocycles. The molecule has 5 heteroatoms. The van der Waals surface area contributed by atoms with Crippen LogP contribution in [0.25, 0.3) is 6.08 Å². The molecule has 1 aliphatic heterocycles. The molecule has 1 amide bonds. The van der Waals surface area contributed by atoms with Crippen LogP contribution in [0, 0.1) is 13.8 Å². The number of ether oxygens (including phenoxy) is 1. The van der Waals surface area contributed by atoms with Gasteiger partial charge in [-0.1, -0.05) is 18.2 Å². The largest absolute Gasteiger partial charge is 0.449 e. The van der Waals surface area contributed by atoms with E-state index < -0.39 is 12.1 Å². The molecule has 2 aromatic rings. The summed E-state index contributed by atoms with van der Waals surface area (Å²) in [6, 6.07) is 10.6. The lowest BCUT2D eigenvalue weighted by Crippen LogP contribution is -2.43. The van der Waals surface area contributed by atoms with Gasteiger partial charge in [-0.2, -0.15) is 0 Å². The van der Waals surface area contributed by atoms with Crippen molar-refractivity contribution in [3.8, 4) is 0 Å². The number of nitrogens with zero attached hydrogens (tertiary/aromatic N) is 2. The highest BCUT2D eigenvalue weighted by molar-refractivity contribution is 6.00. The molecule has 1 fully saturated rings. The monoisotopic (exact) mass is 392 g/mol. The summed E-state index contributed by atoms with van der Waals surface area (Å²) in [5, 5.41) is 0. The fourth-order valence-electron chi connectivity index (χ4n) is 4.38. The number of carbonyl (C=O) groups excluding carboxylic acids is 2. The predicted octanol–water partition coefficient (Wildman–Crippen LogP) is 4.36. The Balaban J connectivity index is 1.42. The third-order valence-corrected chi connectivity index (χ3v) is 5.92. The van der Waals surface area contributed by atoms with Crippen LogP contribution in [0.1, 0.15) is 55.2 Å². The van der Waals surface area contributed by atoms with E-state index in [0.717, 1.165) is 23.2 Å². The van der Waals surface area contributed by atoms with Crippen molar-refractivity contribution >= 4 is 23.6 Å². The number of carbonyl (C=O) groups is 2. The average molecular weight is 392 g/mol. The van der Waals surface area contributed by atoms with Crippen LogP contribution in [0.3, 0.4) is 0 Å². The second-order valence-electron chi connectivity index (χ2n) is 8.23. The lowest BCUT2D eigenvalue weighted by molar-refractivity contribution is -0.149. The Morgan fingerprint density at radius 2 is 1.93 bits per heavy atom. The first-order valence-corrected chi connectivity index (χ1v) is 10.3. The number of benzene rings is 1. The minimum Gasteiger partial charge on any atom is -0.449 e. The van der Waals surface area contributed by atoms with Gasteiger partial charge in [0.25, 0.3) is 5.91 Å². The van der Waals surface area contributed by atoms with Gasteiger partial charge in [-0.3, -0.25) is 4.79 Å². The molecule has 0 saturated heterocycles. The Morgan fingerprint density at radius 1 is 1.21 bits per heavy atom. The number of aromatic nitrogens is 1. The second-order valence-corrected chi connectivity index (χ2v) is 8.23. The van der Waals surface area contributed by atoms with Gasteiger partial charge in [0.1, 0.15) is 0 Å². The van der Waals surface area contributed by atoms with Crippen molar-refractivity contribution in [2.45, 2.75) is 65.1 Å². The quantitative estimate of drug-likeness (QED) is 0.561. The van der Waals surface area contributed by atoms with Gasteiger partial charge in [-0.15, -0.1) is 0 Å². The highest BCUT2D eigenvalue weighted by atomic mass is 16.5. The minimum atomic E-state index is -0.834. The van der Waals surface area contributed by atoms with Crippen molar-refractivity contribution < 1.29 is 14.3 Å². The number of rotatable bonds is 5. The number of fused-ring (bicyclic) bond motifs is 1. The molecule has 1 aliphatic carbocycles. The van der Waals surface area contributed by atoms with E-state index in [2.05, 4.69) is 24.5 Å². The van der Waals surface area contributed by atoms with Gasteiger partial charge < -0.3 is 14.2 Å². The van der Waals surface area contributed by atoms with Crippen molar-refractivity contribution in [2.75, 3.05) is 4.90 Å². The number of anilines is 1. The van der Waals surface area contributed by atoms with Crippen LogP contribution in [-0.4, -0.2) is 28.6 Å². The molecule has 4 rings (SSSR count). The average Bonchev–Trinajstić information content (AvgIpc) is 3.39. The fraction of sp³-hybridized carbons (Fsp3) is 0.417. The summed E-state index contributed by atoms with van der Waals surface area (Å²) in [6.07, 6.45) is 5.63. The van der Waals surface area contributed by atoms with Crippen molar-refractivity contribution in [3.63, 3.8) is 0 Å². The first kappa shape index (κ1) is 19.5. The van der Waals surface area contributed by atoms with Crippen LogP contribution in [0.15, 0.2) is 36.4 Å². The van der Waals surface area contributed by atoms with Crippen molar-refractivity contribution in [3.05, 3.63) is 58.9 Å². The van der Waals surface area contributed by atoms with E-state index in [-0.39, 0.29) is 11.9 Å². The number of para-hydroxylation sites is 1. The van der Waals surface area contributed by atoms with Crippen LogP contribution in [-0.2, 0) is 20.7 Å². The molecule has 2 aliphatic rings. The SMILES string of the molecule is Cc1cc(/C=C/C(=O)O[C@H](C)C(=O)N2c3ccccc3C[C@H]2C)c(C)n1C1CC1. The Labute approximate surface area is 172 Å². The van der Waals surface area contributed by atoms with E-state index in [9.17, 15) is 9.59 Å². The Morgan fingerprint density at radius 3 is 2.66 bits per heavy atom. The molecule has 1 aromatic carbocycles. The summed E-state index contributed by atoms with van der Waals surface area (Å²) in [4.78, 5) is 27.0. The molecule has 1 saturated carbocycles. The van der Waals surface area contributed by atoms with Crippen LogP contribution >= 0.6 is 0 Å². The molecular weight excluding hydrogens is 364 g/mol. The number of hydrogen-bond donors (Lipinski definition) is 0. The van der Waals surface area contributed by atoms with Gasteiger partial charge in [0, 0.05) is 35.2 Å². The molecule has 2 atom stereocenters. The van der Waals surface area contributed by atoms with Crippen molar-refractivity contribution in [1.82, 2.24) is 4.57 Å². The first-order valence-electron chi connectivity index (χ1n) is 10.3. The third kappa shape index (κ3) is 3.74. The van der Waals surface area contributed by atoms with Gasteiger partial charge >= 0.3 is 5.97 Å². The van der Waals surface area contributed by atoms with Crippen LogP contribution in [0.5, 0.6) is 0 Å². The van der Waals surface area contributed by atoms with E-state index in [1.807, 2.05) is 31.2 Å². The predicted molar refractivity (Wildman–Crippen MR) is 114 cm³/mol. The lowest BCUT2D eigenvalue weighted by atomic mass is 10.1. The summed E-state index contributed by atoms with van der Waals surface area (Å²) < 4.78 is 7.76. The number of amides is 1. The molecule has 29 heavy (non-hydrogen) atoms. The Kier molecular flexibility index (Phi) is 5.07. The summed E-state index contributed by atoms with van der Waals surface area (Å²) in [5.41, 5.74) is 5.46. The van der Waals surface area contributed by atoms with E-state index in [1.54, 1.807) is 17.9 Å². The summed E-state index contributed by atoms with van der Waals surface area (Å²) >= 11 is 0. The number of aryl methyl sites for hydroxylation is 1. The molecule has 0 unspecified atom stereocenters. The van der Waals surface area contributed by atoms with E-state index in [0.29, 0.717) is 6.04 Å². The fourth-order valence-corrected chi connectivity index (χ4v) is 4.38.